The monoisotopic (exact) mass is 471 g/mol. The second kappa shape index (κ2) is 9.72. The second-order valence-electron chi connectivity index (χ2n) is 8.12. The highest BCUT2D eigenvalue weighted by Crippen LogP contribution is 2.31. The summed E-state index contributed by atoms with van der Waals surface area (Å²) in [5.74, 6) is -4.08. The number of hydrogen-bond acceptors (Lipinski definition) is 4. The summed E-state index contributed by atoms with van der Waals surface area (Å²) in [5, 5.41) is 9.91. The van der Waals surface area contributed by atoms with E-state index in [9.17, 15) is 23.1 Å². The second-order valence-corrected chi connectivity index (χ2v) is 8.12. The van der Waals surface area contributed by atoms with Gasteiger partial charge in [-0.3, -0.25) is 4.79 Å². The molecule has 9 heteroatoms. The molecule has 1 aromatic heterocycles. The van der Waals surface area contributed by atoms with Crippen molar-refractivity contribution in [3.8, 4) is 11.4 Å². The van der Waals surface area contributed by atoms with Gasteiger partial charge in [-0.2, -0.15) is 0 Å². The first-order valence-corrected chi connectivity index (χ1v) is 10.8. The van der Waals surface area contributed by atoms with E-state index < -0.39 is 30.1 Å². The minimum absolute atomic E-state index is 0.00449. The zero-order chi connectivity index (χ0) is 24.4. The van der Waals surface area contributed by atoms with Crippen molar-refractivity contribution in [2.24, 2.45) is 0 Å². The van der Waals surface area contributed by atoms with E-state index in [0.717, 1.165) is 29.1 Å². The van der Waals surface area contributed by atoms with Gasteiger partial charge in [0.1, 0.15) is 5.75 Å². The van der Waals surface area contributed by atoms with Gasteiger partial charge < -0.3 is 19.3 Å². The molecule has 0 radical (unpaired) electrons. The van der Waals surface area contributed by atoms with Crippen LogP contribution in [-0.2, 0) is 4.79 Å². The summed E-state index contributed by atoms with van der Waals surface area (Å²) in [4.78, 5) is 18.8. The highest BCUT2D eigenvalue weighted by Gasteiger charge is 2.31. The molecule has 1 fully saturated rings. The Hall–Kier alpha value is -3.59. The van der Waals surface area contributed by atoms with Crippen LogP contribution in [0.25, 0.3) is 11.8 Å². The summed E-state index contributed by atoms with van der Waals surface area (Å²) in [6.07, 6.45) is 6.40. The van der Waals surface area contributed by atoms with Crippen LogP contribution in [0, 0.1) is 24.4 Å². The lowest BCUT2D eigenvalue weighted by atomic mass is 9.96. The quantitative estimate of drug-likeness (QED) is 0.429. The highest BCUT2D eigenvalue weighted by molar-refractivity contribution is 5.98. The fourth-order valence-corrected chi connectivity index (χ4v) is 4.17. The predicted molar refractivity (Wildman–Crippen MR) is 120 cm³/mol. The molecule has 1 atom stereocenters. The van der Waals surface area contributed by atoms with E-state index in [1.165, 1.54) is 4.90 Å². The van der Waals surface area contributed by atoms with Crippen LogP contribution in [0.2, 0.25) is 0 Å². The van der Waals surface area contributed by atoms with E-state index in [4.69, 9.17) is 4.74 Å². The SMILES string of the molecule is COc1cc(C=C2CCCN(C(CO)c3cc(F)c(F)c(F)c3)C2=O)ccc1-n1cnc(C)c1. The van der Waals surface area contributed by atoms with Crippen molar-refractivity contribution in [1.29, 1.82) is 0 Å². The van der Waals surface area contributed by atoms with Crippen molar-refractivity contribution in [1.82, 2.24) is 14.5 Å². The number of methoxy groups -OCH3 is 1. The maximum Gasteiger partial charge on any atom is 0.250 e. The van der Waals surface area contributed by atoms with E-state index in [0.29, 0.717) is 30.7 Å². The van der Waals surface area contributed by atoms with Crippen LogP contribution >= 0.6 is 0 Å². The number of halogens is 3. The van der Waals surface area contributed by atoms with Crippen molar-refractivity contribution in [2.75, 3.05) is 20.3 Å². The van der Waals surface area contributed by atoms with E-state index in [2.05, 4.69) is 4.98 Å². The van der Waals surface area contributed by atoms with Crippen LogP contribution in [0.3, 0.4) is 0 Å². The standard InChI is InChI=1S/C25H24F3N3O3/c1-15-12-30(14-29-15)21-6-5-16(9-23(21)34-2)8-17-4-3-7-31(25(17)33)22(13-32)18-10-19(26)24(28)20(27)11-18/h5-6,8-12,14,22,32H,3-4,7,13H2,1-2H3. The molecule has 1 aliphatic heterocycles. The van der Waals surface area contributed by atoms with Gasteiger partial charge in [0, 0.05) is 18.3 Å². The molecule has 1 aliphatic rings. The van der Waals surface area contributed by atoms with Crippen LogP contribution in [0.5, 0.6) is 5.75 Å². The molecule has 4 rings (SSSR count). The Morgan fingerprint density at radius 3 is 2.56 bits per heavy atom. The summed E-state index contributed by atoms with van der Waals surface area (Å²) in [7, 11) is 1.56. The molecular weight excluding hydrogens is 447 g/mol. The smallest absolute Gasteiger partial charge is 0.250 e. The van der Waals surface area contributed by atoms with Gasteiger partial charge in [-0.1, -0.05) is 6.07 Å². The van der Waals surface area contributed by atoms with Gasteiger partial charge >= 0.3 is 0 Å². The van der Waals surface area contributed by atoms with Crippen LogP contribution in [0.15, 0.2) is 48.4 Å². The number of hydrogen-bond donors (Lipinski definition) is 1. The number of imidazole rings is 1. The number of aliphatic hydroxyl groups excluding tert-OH is 1. The Labute approximate surface area is 194 Å². The van der Waals surface area contributed by atoms with E-state index >= 15 is 0 Å². The summed E-state index contributed by atoms with van der Waals surface area (Å²) in [6, 6.07) is 6.14. The number of amides is 1. The first kappa shape index (κ1) is 23.6. The number of ether oxygens (including phenoxy) is 1. The lowest BCUT2D eigenvalue weighted by molar-refractivity contribution is -0.132. The maximum absolute atomic E-state index is 13.8. The van der Waals surface area contributed by atoms with Crippen molar-refractivity contribution in [3.63, 3.8) is 0 Å². The van der Waals surface area contributed by atoms with Crippen molar-refractivity contribution < 1.29 is 27.8 Å². The van der Waals surface area contributed by atoms with Crippen molar-refractivity contribution >= 4 is 12.0 Å². The third kappa shape index (κ3) is 4.56. The number of likely N-dealkylation sites (tertiary alicyclic amines) is 1. The lowest BCUT2D eigenvalue weighted by Gasteiger charge is -2.35. The number of carbonyl (C=O) groups excluding carboxylic acids is 1. The fraction of sp³-hybridized carbons (Fsp3) is 0.280. The molecule has 0 bridgehead atoms. The number of carbonyl (C=O) groups is 1. The van der Waals surface area contributed by atoms with Crippen LogP contribution < -0.4 is 4.74 Å². The Bertz CT molecular complexity index is 1230. The van der Waals surface area contributed by atoms with Crippen LogP contribution in [0.1, 0.15) is 35.7 Å². The molecule has 2 aromatic carbocycles. The number of nitrogens with zero attached hydrogens (tertiary/aromatic N) is 3. The van der Waals surface area contributed by atoms with Gasteiger partial charge in [-0.15, -0.1) is 0 Å². The summed E-state index contributed by atoms with van der Waals surface area (Å²) in [6.45, 7) is 1.62. The molecule has 0 saturated carbocycles. The molecule has 2 heterocycles. The van der Waals surface area contributed by atoms with E-state index in [1.807, 2.05) is 29.8 Å². The molecule has 0 aliphatic carbocycles. The Kier molecular flexibility index (Phi) is 6.74. The van der Waals surface area contributed by atoms with Crippen LogP contribution in [-0.4, -0.2) is 45.7 Å². The molecule has 3 aromatic rings. The Morgan fingerprint density at radius 2 is 1.94 bits per heavy atom. The van der Waals surface area contributed by atoms with Gasteiger partial charge in [0.05, 0.1) is 37.5 Å². The number of rotatable bonds is 6. The molecule has 1 saturated heterocycles. The Morgan fingerprint density at radius 1 is 1.21 bits per heavy atom. The minimum Gasteiger partial charge on any atom is -0.495 e. The molecule has 1 unspecified atom stereocenters. The van der Waals surface area contributed by atoms with Gasteiger partial charge in [-0.05, 0) is 61.2 Å². The van der Waals surface area contributed by atoms with Crippen LogP contribution in [0.4, 0.5) is 13.2 Å². The van der Waals surface area contributed by atoms with Crippen molar-refractivity contribution in [3.05, 3.63) is 82.7 Å². The van der Waals surface area contributed by atoms with Gasteiger partial charge in [0.2, 0.25) is 5.91 Å². The molecule has 1 N–H and O–H groups in total. The number of aliphatic hydroxyl groups is 1. The third-order valence-electron chi connectivity index (χ3n) is 5.86. The number of aryl methyl sites for hydroxylation is 1. The molecule has 34 heavy (non-hydrogen) atoms. The molecular formula is C25H24F3N3O3. The predicted octanol–water partition coefficient (Wildman–Crippen LogP) is 4.35. The number of piperidine rings is 1. The largest absolute Gasteiger partial charge is 0.495 e. The lowest BCUT2D eigenvalue weighted by Crippen LogP contribution is -2.41. The number of aromatic nitrogens is 2. The maximum atomic E-state index is 13.8. The topological polar surface area (TPSA) is 67.6 Å². The fourth-order valence-electron chi connectivity index (χ4n) is 4.17. The Balaban J connectivity index is 1.63. The normalized spacial score (nSPS) is 16.2. The van der Waals surface area contributed by atoms with Gasteiger partial charge in [0.15, 0.2) is 17.5 Å². The molecule has 1 amide bonds. The van der Waals surface area contributed by atoms with E-state index in [-0.39, 0.29) is 11.5 Å². The average Bonchev–Trinajstić information content (AvgIpc) is 3.26. The minimum atomic E-state index is -1.59. The molecule has 178 valence electrons. The average molecular weight is 471 g/mol. The first-order valence-electron chi connectivity index (χ1n) is 10.8. The van der Waals surface area contributed by atoms with E-state index in [1.54, 1.807) is 25.6 Å². The highest BCUT2D eigenvalue weighted by atomic mass is 19.2. The summed E-state index contributed by atoms with van der Waals surface area (Å²) < 4.78 is 48.3. The molecule has 0 spiro atoms. The summed E-state index contributed by atoms with van der Waals surface area (Å²) in [5.41, 5.74) is 2.88. The number of benzene rings is 2. The third-order valence-corrected chi connectivity index (χ3v) is 5.86. The van der Waals surface area contributed by atoms with Crippen molar-refractivity contribution in [2.45, 2.75) is 25.8 Å². The zero-order valence-electron chi connectivity index (χ0n) is 18.8. The first-order chi connectivity index (χ1) is 16.3. The summed E-state index contributed by atoms with van der Waals surface area (Å²) >= 11 is 0. The molecule has 6 nitrogen and oxygen atoms in total. The zero-order valence-corrected chi connectivity index (χ0v) is 18.8. The van der Waals surface area contributed by atoms with Gasteiger partial charge in [0.25, 0.3) is 0 Å². The van der Waals surface area contributed by atoms with Gasteiger partial charge in [-0.25, -0.2) is 18.2 Å².